The molecule has 5 heteroatoms. The van der Waals surface area contributed by atoms with Crippen molar-refractivity contribution >= 4 is 6.21 Å². The van der Waals surface area contributed by atoms with Crippen molar-refractivity contribution in [1.82, 2.24) is 10.2 Å². The van der Waals surface area contributed by atoms with Crippen LogP contribution in [0.5, 0.6) is 5.75 Å². The lowest BCUT2D eigenvalue weighted by Gasteiger charge is -2.02. The highest BCUT2D eigenvalue weighted by molar-refractivity contribution is 5.88. The van der Waals surface area contributed by atoms with Gasteiger partial charge >= 0.3 is 0 Å². The van der Waals surface area contributed by atoms with Crippen LogP contribution in [0, 0.1) is 0 Å². The van der Waals surface area contributed by atoms with E-state index in [0.717, 1.165) is 28.1 Å². The number of benzene rings is 2. The summed E-state index contributed by atoms with van der Waals surface area (Å²) in [5.41, 5.74) is 3.84. The molecule has 116 valence electrons. The first-order valence-electron chi connectivity index (χ1n) is 7.24. The van der Waals surface area contributed by atoms with Gasteiger partial charge in [0.25, 0.3) is 0 Å². The first-order chi connectivity index (χ1) is 11.4. The number of hydrogen-bond donors (Lipinski definition) is 1. The fourth-order valence-electron chi connectivity index (χ4n) is 2.16. The van der Waals surface area contributed by atoms with Crippen molar-refractivity contribution in [3.8, 4) is 17.0 Å². The minimum atomic E-state index is 0.438. The Morgan fingerprint density at radius 3 is 2.61 bits per heavy atom. The topological polar surface area (TPSA) is 59.5 Å². The van der Waals surface area contributed by atoms with Gasteiger partial charge in [0.05, 0.1) is 25.2 Å². The van der Waals surface area contributed by atoms with Crippen LogP contribution in [0.15, 0.2) is 65.9 Å². The van der Waals surface area contributed by atoms with Crippen molar-refractivity contribution in [2.75, 3.05) is 7.11 Å². The molecule has 0 saturated heterocycles. The minimum Gasteiger partial charge on any atom is -0.497 e. The number of oxime groups is 1. The molecule has 2 aromatic carbocycles. The smallest absolute Gasteiger partial charge is 0.142 e. The summed E-state index contributed by atoms with van der Waals surface area (Å²) in [6, 6.07) is 17.7. The van der Waals surface area contributed by atoms with E-state index in [1.54, 1.807) is 19.5 Å². The van der Waals surface area contributed by atoms with Crippen LogP contribution in [-0.4, -0.2) is 23.5 Å². The normalized spacial score (nSPS) is 10.8. The van der Waals surface area contributed by atoms with Crippen LogP contribution in [0.3, 0.4) is 0 Å². The van der Waals surface area contributed by atoms with E-state index >= 15 is 0 Å². The van der Waals surface area contributed by atoms with Crippen LogP contribution in [-0.2, 0) is 11.4 Å². The number of nitrogens with zero attached hydrogens (tertiary/aromatic N) is 2. The van der Waals surface area contributed by atoms with Gasteiger partial charge in [0.2, 0.25) is 0 Å². The van der Waals surface area contributed by atoms with E-state index in [4.69, 9.17) is 9.57 Å². The molecule has 3 rings (SSSR count). The van der Waals surface area contributed by atoms with Crippen LogP contribution >= 0.6 is 0 Å². The molecule has 0 radical (unpaired) electrons. The largest absolute Gasteiger partial charge is 0.497 e. The molecule has 1 aromatic heterocycles. The molecular weight excluding hydrogens is 290 g/mol. The van der Waals surface area contributed by atoms with Crippen LogP contribution in [0.2, 0.25) is 0 Å². The van der Waals surface area contributed by atoms with Gasteiger partial charge in [-0.15, -0.1) is 0 Å². The number of rotatable bonds is 6. The molecule has 0 saturated carbocycles. The minimum absolute atomic E-state index is 0.438. The zero-order chi connectivity index (χ0) is 15.9. The summed E-state index contributed by atoms with van der Waals surface area (Å²) < 4.78 is 5.17. The first-order valence-corrected chi connectivity index (χ1v) is 7.24. The highest BCUT2D eigenvalue weighted by Crippen LogP contribution is 2.22. The van der Waals surface area contributed by atoms with Crippen molar-refractivity contribution < 1.29 is 9.57 Å². The van der Waals surface area contributed by atoms with Crippen LogP contribution in [0.25, 0.3) is 11.3 Å². The number of ether oxygens (including phenoxy) is 1. The summed E-state index contributed by atoms with van der Waals surface area (Å²) >= 11 is 0. The zero-order valence-corrected chi connectivity index (χ0v) is 12.8. The van der Waals surface area contributed by atoms with Crippen molar-refractivity contribution in [2.24, 2.45) is 5.16 Å². The molecule has 0 amide bonds. The van der Waals surface area contributed by atoms with Crippen molar-refractivity contribution in [3.05, 3.63) is 71.9 Å². The van der Waals surface area contributed by atoms with Crippen LogP contribution in [0.4, 0.5) is 0 Å². The lowest BCUT2D eigenvalue weighted by atomic mass is 10.1. The molecule has 3 aromatic rings. The number of nitrogens with one attached hydrogen (secondary N) is 1. The summed E-state index contributed by atoms with van der Waals surface area (Å²) in [6.45, 7) is 0.438. The molecule has 0 bridgehead atoms. The number of methoxy groups -OCH3 is 1. The fourth-order valence-corrected chi connectivity index (χ4v) is 2.16. The first kappa shape index (κ1) is 14.8. The summed E-state index contributed by atoms with van der Waals surface area (Å²) in [7, 11) is 1.65. The Bertz CT molecular complexity index is 764. The number of aromatic nitrogens is 2. The van der Waals surface area contributed by atoms with E-state index in [1.165, 1.54) is 0 Å². The van der Waals surface area contributed by atoms with Gasteiger partial charge in [0, 0.05) is 11.1 Å². The van der Waals surface area contributed by atoms with E-state index in [9.17, 15) is 0 Å². The molecule has 0 aliphatic rings. The predicted octanol–water partition coefficient (Wildman–Crippen LogP) is 3.64. The molecule has 1 heterocycles. The van der Waals surface area contributed by atoms with Crippen LogP contribution in [0.1, 0.15) is 11.1 Å². The molecule has 1 N–H and O–H groups in total. The van der Waals surface area contributed by atoms with Crippen molar-refractivity contribution in [2.45, 2.75) is 6.61 Å². The number of H-pyrrole nitrogens is 1. The second kappa shape index (κ2) is 7.26. The summed E-state index contributed by atoms with van der Waals surface area (Å²) in [6.07, 6.45) is 3.38. The Kier molecular flexibility index (Phi) is 4.69. The Morgan fingerprint density at radius 1 is 1.09 bits per heavy atom. The van der Waals surface area contributed by atoms with Gasteiger partial charge in [-0.05, 0) is 29.8 Å². The Balaban J connectivity index is 1.67. The van der Waals surface area contributed by atoms with Gasteiger partial charge in [-0.3, -0.25) is 5.10 Å². The monoisotopic (exact) mass is 307 g/mol. The second-order valence-electron chi connectivity index (χ2n) is 4.92. The standard InChI is InChI=1S/C18H17N3O2/c1-22-17-9-7-15(8-10-17)18-16(11-19-21-18)12-20-23-13-14-5-3-2-4-6-14/h2-12H,13H2,1H3,(H,19,21)/b20-12-. The number of hydrogen-bond acceptors (Lipinski definition) is 4. The third kappa shape index (κ3) is 3.77. The van der Waals surface area contributed by atoms with Gasteiger partial charge in [-0.1, -0.05) is 35.5 Å². The molecule has 0 fully saturated rings. The van der Waals surface area contributed by atoms with Gasteiger partial charge < -0.3 is 9.57 Å². The maximum absolute atomic E-state index is 5.33. The molecule has 23 heavy (non-hydrogen) atoms. The summed E-state index contributed by atoms with van der Waals surface area (Å²) in [5.74, 6) is 0.815. The van der Waals surface area contributed by atoms with E-state index in [1.807, 2.05) is 54.6 Å². The molecule has 0 aliphatic carbocycles. The van der Waals surface area contributed by atoms with E-state index in [-0.39, 0.29) is 0 Å². The maximum atomic E-state index is 5.33. The Hall–Kier alpha value is -3.08. The van der Waals surface area contributed by atoms with E-state index in [0.29, 0.717) is 6.61 Å². The predicted molar refractivity (Wildman–Crippen MR) is 89.4 cm³/mol. The Labute approximate surface area is 134 Å². The van der Waals surface area contributed by atoms with Gasteiger partial charge in [-0.2, -0.15) is 5.10 Å². The average molecular weight is 307 g/mol. The SMILES string of the molecule is COc1ccc(-c2[nH]ncc2/C=N\OCc2ccccc2)cc1. The van der Waals surface area contributed by atoms with E-state index < -0.39 is 0 Å². The molecular formula is C18H17N3O2. The summed E-state index contributed by atoms with van der Waals surface area (Å²) in [4.78, 5) is 5.33. The molecule has 5 nitrogen and oxygen atoms in total. The van der Waals surface area contributed by atoms with Gasteiger partial charge in [0.15, 0.2) is 0 Å². The number of aromatic amines is 1. The second-order valence-corrected chi connectivity index (χ2v) is 4.92. The molecule has 0 aliphatic heterocycles. The van der Waals surface area contributed by atoms with Crippen molar-refractivity contribution in [3.63, 3.8) is 0 Å². The quantitative estimate of drug-likeness (QED) is 0.559. The molecule has 0 spiro atoms. The highest BCUT2D eigenvalue weighted by atomic mass is 16.6. The summed E-state index contributed by atoms with van der Waals surface area (Å²) in [5, 5.41) is 11.1. The van der Waals surface area contributed by atoms with Crippen molar-refractivity contribution in [1.29, 1.82) is 0 Å². The zero-order valence-electron chi connectivity index (χ0n) is 12.8. The van der Waals surface area contributed by atoms with Crippen LogP contribution < -0.4 is 4.74 Å². The molecule has 0 unspecified atom stereocenters. The third-order valence-electron chi connectivity index (χ3n) is 3.39. The van der Waals surface area contributed by atoms with Gasteiger partial charge in [-0.25, -0.2) is 0 Å². The lowest BCUT2D eigenvalue weighted by molar-refractivity contribution is 0.132. The molecule has 0 atom stereocenters. The average Bonchev–Trinajstić information content (AvgIpc) is 3.08. The lowest BCUT2D eigenvalue weighted by Crippen LogP contribution is -1.89. The highest BCUT2D eigenvalue weighted by Gasteiger charge is 2.06. The maximum Gasteiger partial charge on any atom is 0.142 e. The third-order valence-corrected chi connectivity index (χ3v) is 3.39. The fraction of sp³-hybridized carbons (Fsp3) is 0.111. The van der Waals surface area contributed by atoms with E-state index in [2.05, 4.69) is 15.4 Å². The Morgan fingerprint density at radius 2 is 1.87 bits per heavy atom. The van der Waals surface area contributed by atoms with Gasteiger partial charge in [0.1, 0.15) is 12.4 Å².